The van der Waals surface area contributed by atoms with Gasteiger partial charge in [-0.2, -0.15) is 0 Å². The van der Waals surface area contributed by atoms with Gasteiger partial charge in [0.05, 0.1) is 0 Å². The summed E-state index contributed by atoms with van der Waals surface area (Å²) in [5, 5.41) is 9.44. The van der Waals surface area contributed by atoms with Crippen molar-refractivity contribution >= 4 is 65.6 Å². The molecule has 0 atom stereocenters. The molecule has 63 heavy (non-hydrogen) atoms. The molecule has 0 aliphatic rings. The normalized spacial score (nSPS) is 11.6. The van der Waals surface area contributed by atoms with Crippen molar-refractivity contribution in [1.29, 1.82) is 0 Å². The minimum absolute atomic E-state index is 0.632. The fourth-order valence-electron chi connectivity index (χ4n) is 9.37. The van der Waals surface area contributed by atoms with E-state index in [0.29, 0.717) is 12.4 Å². The molecule has 1 aromatic heterocycles. The van der Waals surface area contributed by atoms with Crippen LogP contribution in [0.3, 0.4) is 0 Å². The van der Waals surface area contributed by atoms with Gasteiger partial charge in [0.1, 0.15) is 5.52 Å². The topological polar surface area (TPSA) is 29.3 Å². The average molecular weight is 805 g/mol. The number of rotatable bonds is 8. The summed E-state index contributed by atoms with van der Waals surface area (Å²) in [6.07, 6.45) is 0. The fraction of sp³-hybridized carbons (Fsp3) is 0.0167. The Labute approximate surface area is 365 Å². The standard InChI is InChI=1S/C60H40N2O/c1-3-12-40(13-4-1)42-26-31-51(32-27-42)62(39-50-25-23-43-15-9-10-20-54(43)58(50)45-16-5-2-6-17-45)52-33-28-44-19-11-21-53(56(44)38-52)47-29-34-55-48(37-47)30-35-57-59(55)61-60(63-57)49-24-22-41-14-7-8-18-46(41)36-49/h1-38H,39H2. The van der Waals surface area contributed by atoms with Crippen LogP contribution in [0.4, 0.5) is 11.4 Å². The first-order valence-electron chi connectivity index (χ1n) is 21.5. The van der Waals surface area contributed by atoms with E-state index in [9.17, 15) is 0 Å². The number of hydrogen-bond acceptors (Lipinski definition) is 3. The van der Waals surface area contributed by atoms with Gasteiger partial charge in [0, 0.05) is 28.9 Å². The Morgan fingerprint density at radius 2 is 0.968 bits per heavy atom. The second kappa shape index (κ2) is 15.3. The van der Waals surface area contributed by atoms with Gasteiger partial charge in [-0.3, -0.25) is 0 Å². The van der Waals surface area contributed by atoms with E-state index < -0.39 is 0 Å². The summed E-state index contributed by atoms with van der Waals surface area (Å²) in [4.78, 5) is 7.53. The maximum absolute atomic E-state index is 6.36. The molecule has 0 saturated carbocycles. The molecule has 0 aliphatic heterocycles. The van der Waals surface area contributed by atoms with Crippen LogP contribution in [0.1, 0.15) is 5.56 Å². The molecular formula is C60H40N2O. The van der Waals surface area contributed by atoms with Crippen LogP contribution >= 0.6 is 0 Å². The highest BCUT2D eigenvalue weighted by Gasteiger charge is 2.19. The lowest BCUT2D eigenvalue weighted by atomic mass is 9.92. The minimum atomic E-state index is 0.632. The molecule has 0 amide bonds. The summed E-state index contributed by atoms with van der Waals surface area (Å²) >= 11 is 0. The van der Waals surface area contributed by atoms with Crippen LogP contribution in [-0.2, 0) is 6.54 Å². The summed E-state index contributed by atoms with van der Waals surface area (Å²) in [6.45, 7) is 0.679. The number of fused-ring (bicyclic) bond motifs is 6. The first-order chi connectivity index (χ1) is 31.2. The van der Waals surface area contributed by atoms with Crippen LogP contribution in [-0.4, -0.2) is 4.98 Å². The predicted molar refractivity (Wildman–Crippen MR) is 265 cm³/mol. The van der Waals surface area contributed by atoms with E-state index in [2.05, 4.69) is 235 Å². The molecule has 12 rings (SSSR count). The lowest BCUT2D eigenvalue weighted by molar-refractivity contribution is 0.620. The van der Waals surface area contributed by atoms with E-state index in [1.54, 1.807) is 0 Å². The maximum Gasteiger partial charge on any atom is 0.227 e. The SMILES string of the molecule is c1ccc(-c2ccc(N(Cc3ccc4ccccc4c3-c3ccccc3)c3ccc4cccc(-c5ccc6c(ccc7oc(-c8ccc9ccccc9c8)nc76)c5)c4c3)cc2)cc1. The predicted octanol–water partition coefficient (Wildman–Crippen LogP) is 16.4. The molecule has 0 unspecified atom stereocenters. The highest BCUT2D eigenvalue weighted by Crippen LogP contribution is 2.40. The van der Waals surface area contributed by atoms with Gasteiger partial charge in [-0.25, -0.2) is 4.98 Å². The van der Waals surface area contributed by atoms with Gasteiger partial charge in [0.15, 0.2) is 5.58 Å². The molecule has 0 spiro atoms. The molecule has 3 nitrogen and oxygen atoms in total. The molecule has 0 aliphatic carbocycles. The zero-order chi connectivity index (χ0) is 41.7. The van der Waals surface area contributed by atoms with Gasteiger partial charge in [0.2, 0.25) is 5.89 Å². The number of aromatic nitrogens is 1. The van der Waals surface area contributed by atoms with Gasteiger partial charge in [0.25, 0.3) is 0 Å². The zero-order valence-corrected chi connectivity index (χ0v) is 34.4. The van der Waals surface area contributed by atoms with Crippen molar-refractivity contribution in [1.82, 2.24) is 4.98 Å². The number of oxazole rings is 1. The zero-order valence-electron chi connectivity index (χ0n) is 34.4. The summed E-state index contributed by atoms with van der Waals surface area (Å²) in [5.41, 5.74) is 13.4. The lowest BCUT2D eigenvalue weighted by Gasteiger charge is -2.28. The number of nitrogens with zero attached hydrogens (tertiary/aromatic N) is 2. The van der Waals surface area contributed by atoms with Gasteiger partial charge in [-0.05, 0) is 125 Å². The van der Waals surface area contributed by atoms with Gasteiger partial charge in [-0.15, -0.1) is 0 Å². The average Bonchev–Trinajstić information content (AvgIpc) is 3.81. The Morgan fingerprint density at radius 1 is 0.365 bits per heavy atom. The first-order valence-corrected chi connectivity index (χ1v) is 21.5. The highest BCUT2D eigenvalue weighted by atomic mass is 16.3. The molecule has 12 aromatic rings. The van der Waals surface area contributed by atoms with Crippen molar-refractivity contribution in [3.8, 4) is 44.8 Å². The van der Waals surface area contributed by atoms with Crippen LogP contribution in [0.25, 0.3) is 99.0 Å². The largest absolute Gasteiger partial charge is 0.436 e. The number of hydrogen-bond donors (Lipinski definition) is 0. The van der Waals surface area contributed by atoms with E-state index in [1.165, 1.54) is 65.7 Å². The third-order valence-electron chi connectivity index (χ3n) is 12.6. The number of benzene rings is 11. The van der Waals surface area contributed by atoms with E-state index in [0.717, 1.165) is 44.4 Å². The minimum Gasteiger partial charge on any atom is -0.436 e. The Morgan fingerprint density at radius 3 is 1.81 bits per heavy atom. The molecule has 0 fully saturated rings. The molecule has 0 N–H and O–H groups in total. The maximum atomic E-state index is 6.36. The Bertz CT molecular complexity index is 3650. The van der Waals surface area contributed by atoms with E-state index in [-0.39, 0.29) is 0 Å². The second-order valence-electron chi connectivity index (χ2n) is 16.3. The van der Waals surface area contributed by atoms with Crippen LogP contribution in [0.15, 0.2) is 235 Å². The number of anilines is 2. The second-order valence-corrected chi connectivity index (χ2v) is 16.3. The van der Waals surface area contributed by atoms with Gasteiger partial charge in [-0.1, -0.05) is 182 Å². The van der Waals surface area contributed by atoms with Crippen molar-refractivity contribution in [2.45, 2.75) is 6.54 Å². The Kier molecular flexibility index (Phi) is 8.90. The first kappa shape index (κ1) is 36.6. The fourth-order valence-corrected chi connectivity index (χ4v) is 9.37. The van der Waals surface area contributed by atoms with Crippen molar-refractivity contribution in [3.63, 3.8) is 0 Å². The highest BCUT2D eigenvalue weighted by molar-refractivity contribution is 6.07. The van der Waals surface area contributed by atoms with Gasteiger partial charge < -0.3 is 9.32 Å². The summed E-state index contributed by atoms with van der Waals surface area (Å²) < 4.78 is 6.36. The van der Waals surface area contributed by atoms with Crippen molar-refractivity contribution in [2.24, 2.45) is 0 Å². The summed E-state index contributed by atoms with van der Waals surface area (Å²) in [5.74, 6) is 0.632. The van der Waals surface area contributed by atoms with Crippen LogP contribution in [0.2, 0.25) is 0 Å². The van der Waals surface area contributed by atoms with Crippen LogP contribution in [0, 0.1) is 0 Å². The van der Waals surface area contributed by atoms with Gasteiger partial charge >= 0.3 is 0 Å². The lowest BCUT2D eigenvalue weighted by Crippen LogP contribution is -2.17. The van der Waals surface area contributed by atoms with E-state index in [1.807, 2.05) is 0 Å². The molecule has 0 radical (unpaired) electrons. The Balaban J connectivity index is 0.968. The molecule has 0 bridgehead atoms. The smallest absolute Gasteiger partial charge is 0.227 e. The summed E-state index contributed by atoms with van der Waals surface area (Å²) in [7, 11) is 0. The van der Waals surface area contributed by atoms with E-state index in [4.69, 9.17) is 9.40 Å². The third kappa shape index (κ3) is 6.68. The van der Waals surface area contributed by atoms with Crippen molar-refractivity contribution in [3.05, 3.63) is 236 Å². The quantitative estimate of drug-likeness (QED) is 0.153. The molecule has 3 heteroatoms. The van der Waals surface area contributed by atoms with Crippen LogP contribution in [0.5, 0.6) is 0 Å². The van der Waals surface area contributed by atoms with Crippen LogP contribution < -0.4 is 4.90 Å². The van der Waals surface area contributed by atoms with Crippen molar-refractivity contribution < 1.29 is 4.42 Å². The molecule has 1 heterocycles. The molecule has 11 aromatic carbocycles. The van der Waals surface area contributed by atoms with Crippen molar-refractivity contribution in [2.75, 3.05) is 4.90 Å². The van der Waals surface area contributed by atoms with E-state index >= 15 is 0 Å². The monoisotopic (exact) mass is 804 g/mol. The Hall–Kier alpha value is -8.27. The molecular weight excluding hydrogens is 765 g/mol. The third-order valence-corrected chi connectivity index (χ3v) is 12.6. The molecule has 0 saturated heterocycles. The molecule has 296 valence electrons. The summed E-state index contributed by atoms with van der Waals surface area (Å²) in [6, 6.07) is 83.0.